The molecule has 19 heavy (non-hydrogen) atoms. The molecule has 0 aromatic heterocycles. The molecule has 0 aliphatic carbocycles. The molecule has 102 valence electrons. The molecule has 2 rings (SSSR count). The lowest BCUT2D eigenvalue weighted by molar-refractivity contribution is -0.137. The molecule has 1 aliphatic rings. The first-order chi connectivity index (χ1) is 9.06. The number of carbonyl (C=O) groups excluding carboxylic acids is 1. The molecule has 1 fully saturated rings. The Labute approximate surface area is 119 Å². The number of halogens is 1. The molecule has 1 aromatic carbocycles. The van der Waals surface area contributed by atoms with E-state index in [1.54, 1.807) is 4.90 Å². The van der Waals surface area contributed by atoms with Gasteiger partial charge in [0.2, 0.25) is 0 Å². The van der Waals surface area contributed by atoms with E-state index < -0.39 is 5.97 Å². The van der Waals surface area contributed by atoms with Crippen molar-refractivity contribution < 1.29 is 14.7 Å². The van der Waals surface area contributed by atoms with Gasteiger partial charge < -0.3 is 15.3 Å². The van der Waals surface area contributed by atoms with E-state index in [0.29, 0.717) is 19.5 Å². The van der Waals surface area contributed by atoms with Crippen molar-refractivity contribution in [2.45, 2.75) is 18.9 Å². The van der Waals surface area contributed by atoms with Crippen LogP contribution in [0.5, 0.6) is 0 Å². The van der Waals surface area contributed by atoms with E-state index in [1.165, 1.54) is 0 Å². The van der Waals surface area contributed by atoms with Crippen LogP contribution in [-0.2, 0) is 4.79 Å². The second-order valence-corrected chi connectivity index (χ2v) is 5.41. The van der Waals surface area contributed by atoms with Crippen LogP contribution in [0.1, 0.15) is 24.4 Å². The molecule has 1 aromatic rings. The molecule has 6 heteroatoms. The lowest BCUT2D eigenvalue weighted by Crippen LogP contribution is -2.29. The Morgan fingerprint density at radius 1 is 1.42 bits per heavy atom. The Bertz CT molecular complexity index is 475. The Morgan fingerprint density at radius 3 is 2.74 bits per heavy atom. The molecule has 1 heterocycles. The lowest BCUT2D eigenvalue weighted by atomic mass is 10.1. The standard InChI is InChI=1S/C13H15BrN2O3/c14-10-5-3-9(4-6-10)11-8-16(13(19)15-11)7-1-2-12(17)18/h3-6,11H,1-2,7-8H2,(H,15,19)(H,17,18). The average Bonchev–Trinajstić information content (AvgIpc) is 2.71. The fourth-order valence-electron chi connectivity index (χ4n) is 2.09. The highest BCUT2D eigenvalue weighted by atomic mass is 79.9. The zero-order valence-corrected chi connectivity index (χ0v) is 11.9. The summed E-state index contributed by atoms with van der Waals surface area (Å²) in [6, 6.07) is 7.66. The van der Waals surface area contributed by atoms with E-state index in [-0.39, 0.29) is 18.5 Å². The van der Waals surface area contributed by atoms with Crippen LogP contribution >= 0.6 is 15.9 Å². The van der Waals surface area contributed by atoms with E-state index in [0.717, 1.165) is 10.0 Å². The summed E-state index contributed by atoms with van der Waals surface area (Å²) >= 11 is 3.37. The molecular weight excluding hydrogens is 312 g/mol. The van der Waals surface area contributed by atoms with Gasteiger partial charge in [0.05, 0.1) is 6.04 Å². The number of amides is 2. The lowest BCUT2D eigenvalue weighted by Gasteiger charge is -2.13. The SMILES string of the molecule is O=C(O)CCCN1CC(c2ccc(Br)cc2)NC1=O. The Kier molecular flexibility index (Phi) is 4.42. The van der Waals surface area contributed by atoms with Gasteiger partial charge >= 0.3 is 12.0 Å². The highest BCUT2D eigenvalue weighted by Crippen LogP contribution is 2.22. The quantitative estimate of drug-likeness (QED) is 0.872. The number of carbonyl (C=O) groups is 2. The van der Waals surface area contributed by atoms with Crippen molar-refractivity contribution >= 4 is 27.9 Å². The number of carboxylic acids is 1. The average molecular weight is 327 g/mol. The molecule has 1 atom stereocenters. The monoisotopic (exact) mass is 326 g/mol. The van der Waals surface area contributed by atoms with Gasteiger partial charge in [-0.25, -0.2) is 4.79 Å². The third-order valence-electron chi connectivity index (χ3n) is 3.08. The molecule has 2 amide bonds. The number of aliphatic carboxylic acids is 1. The molecule has 0 radical (unpaired) electrons. The molecule has 1 aliphatic heterocycles. The molecule has 1 saturated heterocycles. The smallest absolute Gasteiger partial charge is 0.318 e. The van der Waals surface area contributed by atoms with E-state index in [4.69, 9.17) is 5.11 Å². The summed E-state index contributed by atoms with van der Waals surface area (Å²) in [7, 11) is 0. The number of nitrogens with one attached hydrogen (secondary N) is 1. The molecule has 1 unspecified atom stereocenters. The number of hydrogen-bond donors (Lipinski definition) is 2. The molecular formula is C13H15BrN2O3. The van der Waals surface area contributed by atoms with Gasteiger partial charge in [0, 0.05) is 24.0 Å². The molecule has 0 bridgehead atoms. The first-order valence-corrected chi connectivity index (χ1v) is 6.88. The number of nitrogens with zero attached hydrogens (tertiary/aromatic N) is 1. The zero-order valence-electron chi connectivity index (χ0n) is 10.3. The van der Waals surface area contributed by atoms with Gasteiger partial charge in [-0.15, -0.1) is 0 Å². The summed E-state index contributed by atoms with van der Waals surface area (Å²) in [4.78, 5) is 23.9. The second-order valence-electron chi connectivity index (χ2n) is 4.50. The first-order valence-electron chi connectivity index (χ1n) is 6.09. The van der Waals surface area contributed by atoms with Crippen molar-refractivity contribution in [1.29, 1.82) is 0 Å². The van der Waals surface area contributed by atoms with Gasteiger partial charge in [0.25, 0.3) is 0 Å². The van der Waals surface area contributed by atoms with Crippen LogP contribution in [0.3, 0.4) is 0 Å². The Hall–Kier alpha value is -1.56. The highest BCUT2D eigenvalue weighted by Gasteiger charge is 2.29. The predicted octanol–water partition coefficient (Wildman–Crippen LogP) is 2.38. The summed E-state index contributed by atoms with van der Waals surface area (Å²) in [6.45, 7) is 1.06. The van der Waals surface area contributed by atoms with Gasteiger partial charge in [-0.1, -0.05) is 28.1 Å². The van der Waals surface area contributed by atoms with Crippen LogP contribution in [0.25, 0.3) is 0 Å². The third kappa shape index (κ3) is 3.70. The van der Waals surface area contributed by atoms with E-state index in [1.807, 2.05) is 24.3 Å². The van der Waals surface area contributed by atoms with Gasteiger partial charge in [0.15, 0.2) is 0 Å². The third-order valence-corrected chi connectivity index (χ3v) is 3.61. The summed E-state index contributed by atoms with van der Waals surface area (Å²) in [5, 5.41) is 11.5. The van der Waals surface area contributed by atoms with Crippen LogP contribution < -0.4 is 5.32 Å². The zero-order chi connectivity index (χ0) is 13.8. The summed E-state index contributed by atoms with van der Waals surface area (Å²) < 4.78 is 0.999. The minimum absolute atomic E-state index is 0.0228. The minimum atomic E-state index is -0.830. The maximum atomic E-state index is 11.8. The van der Waals surface area contributed by atoms with Crippen LogP contribution in [0.2, 0.25) is 0 Å². The van der Waals surface area contributed by atoms with Gasteiger partial charge in [-0.2, -0.15) is 0 Å². The van der Waals surface area contributed by atoms with Crippen LogP contribution in [-0.4, -0.2) is 35.1 Å². The molecule has 5 nitrogen and oxygen atoms in total. The van der Waals surface area contributed by atoms with Crippen LogP contribution in [0.15, 0.2) is 28.7 Å². The molecule has 2 N–H and O–H groups in total. The van der Waals surface area contributed by atoms with E-state index >= 15 is 0 Å². The number of hydrogen-bond acceptors (Lipinski definition) is 2. The predicted molar refractivity (Wildman–Crippen MR) is 73.9 cm³/mol. The van der Waals surface area contributed by atoms with Crippen molar-refractivity contribution in [3.05, 3.63) is 34.3 Å². The Balaban J connectivity index is 1.91. The summed E-state index contributed by atoms with van der Waals surface area (Å²) in [5.74, 6) is -0.830. The Morgan fingerprint density at radius 2 is 2.11 bits per heavy atom. The normalized spacial score (nSPS) is 18.5. The maximum Gasteiger partial charge on any atom is 0.318 e. The minimum Gasteiger partial charge on any atom is -0.481 e. The van der Waals surface area contributed by atoms with Crippen molar-refractivity contribution in [3.63, 3.8) is 0 Å². The van der Waals surface area contributed by atoms with Gasteiger partial charge in [0.1, 0.15) is 0 Å². The fraction of sp³-hybridized carbons (Fsp3) is 0.385. The van der Waals surface area contributed by atoms with Crippen molar-refractivity contribution in [3.8, 4) is 0 Å². The topological polar surface area (TPSA) is 69.6 Å². The van der Waals surface area contributed by atoms with Crippen molar-refractivity contribution in [2.24, 2.45) is 0 Å². The van der Waals surface area contributed by atoms with Crippen molar-refractivity contribution in [1.82, 2.24) is 10.2 Å². The molecule has 0 spiro atoms. The number of urea groups is 1. The number of benzene rings is 1. The van der Waals surface area contributed by atoms with Crippen LogP contribution in [0.4, 0.5) is 4.79 Å². The largest absolute Gasteiger partial charge is 0.481 e. The number of rotatable bonds is 5. The maximum absolute atomic E-state index is 11.8. The molecule has 0 saturated carbocycles. The summed E-state index contributed by atoms with van der Waals surface area (Å²) in [6.07, 6.45) is 0.572. The summed E-state index contributed by atoms with van der Waals surface area (Å²) in [5.41, 5.74) is 1.05. The van der Waals surface area contributed by atoms with Gasteiger partial charge in [-0.3, -0.25) is 4.79 Å². The van der Waals surface area contributed by atoms with E-state index in [9.17, 15) is 9.59 Å². The number of carboxylic acid groups (broad SMARTS) is 1. The highest BCUT2D eigenvalue weighted by molar-refractivity contribution is 9.10. The fourth-order valence-corrected chi connectivity index (χ4v) is 2.35. The van der Waals surface area contributed by atoms with E-state index in [2.05, 4.69) is 21.2 Å². The first kappa shape index (κ1) is 13.9. The van der Waals surface area contributed by atoms with Crippen molar-refractivity contribution in [2.75, 3.05) is 13.1 Å². The van der Waals surface area contributed by atoms with Crippen LogP contribution in [0, 0.1) is 0 Å². The van der Waals surface area contributed by atoms with Gasteiger partial charge in [-0.05, 0) is 24.1 Å². The second kappa shape index (κ2) is 6.06.